The minimum absolute atomic E-state index is 0.207. The van der Waals surface area contributed by atoms with Gasteiger partial charge in [0.05, 0.1) is 11.5 Å². The lowest BCUT2D eigenvalue weighted by Gasteiger charge is -2.24. The Hall–Kier alpha value is -0.570. The maximum absolute atomic E-state index is 10.9. The number of aliphatic carboxylic acids is 1. The van der Waals surface area contributed by atoms with Crippen molar-refractivity contribution in [2.24, 2.45) is 5.92 Å². The molecule has 0 aliphatic carbocycles. The van der Waals surface area contributed by atoms with Gasteiger partial charge in [-0.05, 0) is 33.1 Å². The first kappa shape index (κ1) is 22.6. The fraction of sp³-hybridized carbons (Fsp3) is 0.933. The monoisotopic (exact) mass is 262 g/mol. The molecule has 1 atom stereocenters. The van der Waals surface area contributed by atoms with Gasteiger partial charge in [0.15, 0.2) is 0 Å². The molecule has 112 valence electrons. The van der Waals surface area contributed by atoms with E-state index in [4.69, 9.17) is 9.84 Å². The first-order chi connectivity index (χ1) is 8.43. The zero-order valence-corrected chi connectivity index (χ0v) is 13.7. The maximum atomic E-state index is 10.9. The van der Waals surface area contributed by atoms with Gasteiger partial charge in [-0.15, -0.1) is 0 Å². The molecule has 0 aliphatic heterocycles. The number of methoxy groups -OCH3 is 1. The first-order valence-corrected chi connectivity index (χ1v) is 7.21. The summed E-state index contributed by atoms with van der Waals surface area (Å²) in [5.74, 6) is -0.895. The smallest absolute Gasteiger partial charge is 0.306 e. The summed E-state index contributed by atoms with van der Waals surface area (Å²) in [7, 11) is 1.66. The van der Waals surface area contributed by atoms with Crippen molar-refractivity contribution in [3.05, 3.63) is 0 Å². The molecule has 0 saturated heterocycles. The number of ether oxygens (including phenoxy) is 1. The highest BCUT2D eigenvalue weighted by Crippen LogP contribution is 2.22. The molecule has 3 nitrogen and oxygen atoms in total. The standard InChI is InChI=1S/C11H22O3.2C2H6/c1-5-6-9(10(12)13)7-8-11(2,3)14-4;2*1-2/h9H,5-8H2,1-4H3,(H,12,13);2*1-2H3. The van der Waals surface area contributed by atoms with Crippen molar-refractivity contribution in [1.29, 1.82) is 0 Å². The van der Waals surface area contributed by atoms with Crippen LogP contribution in [0, 0.1) is 5.92 Å². The Kier molecular flexibility index (Phi) is 18.2. The van der Waals surface area contributed by atoms with Crippen molar-refractivity contribution in [3.8, 4) is 0 Å². The second kappa shape index (κ2) is 14.5. The predicted octanol–water partition coefficient (Wildman–Crippen LogP) is 4.74. The Morgan fingerprint density at radius 2 is 1.61 bits per heavy atom. The Bertz CT molecular complexity index is 177. The van der Waals surface area contributed by atoms with Crippen LogP contribution in [-0.4, -0.2) is 23.8 Å². The summed E-state index contributed by atoms with van der Waals surface area (Å²) >= 11 is 0. The van der Waals surface area contributed by atoms with E-state index in [0.717, 1.165) is 19.3 Å². The van der Waals surface area contributed by atoms with E-state index in [9.17, 15) is 4.79 Å². The van der Waals surface area contributed by atoms with Crippen LogP contribution < -0.4 is 0 Å². The average molecular weight is 262 g/mol. The largest absolute Gasteiger partial charge is 0.481 e. The van der Waals surface area contributed by atoms with Crippen molar-refractivity contribution in [2.45, 2.75) is 79.8 Å². The third-order valence-electron chi connectivity index (χ3n) is 2.63. The van der Waals surface area contributed by atoms with Crippen molar-refractivity contribution >= 4 is 5.97 Å². The zero-order valence-electron chi connectivity index (χ0n) is 13.7. The molecule has 18 heavy (non-hydrogen) atoms. The lowest BCUT2D eigenvalue weighted by Crippen LogP contribution is -2.25. The summed E-state index contributed by atoms with van der Waals surface area (Å²) in [6.07, 6.45) is 3.17. The zero-order chi connectivity index (χ0) is 15.2. The van der Waals surface area contributed by atoms with Crippen molar-refractivity contribution in [3.63, 3.8) is 0 Å². The van der Waals surface area contributed by atoms with Gasteiger partial charge in [-0.2, -0.15) is 0 Å². The molecule has 0 heterocycles. The molecule has 0 spiro atoms. The van der Waals surface area contributed by atoms with Crippen molar-refractivity contribution in [1.82, 2.24) is 0 Å². The van der Waals surface area contributed by atoms with Gasteiger partial charge in [0.25, 0.3) is 0 Å². The SMILES string of the molecule is CC.CC.CCCC(CCC(C)(C)OC)C(=O)O. The Morgan fingerprint density at radius 3 is 1.89 bits per heavy atom. The molecule has 0 aromatic carbocycles. The molecule has 0 aromatic heterocycles. The van der Waals surface area contributed by atoms with Gasteiger partial charge < -0.3 is 9.84 Å². The van der Waals surface area contributed by atoms with E-state index in [1.54, 1.807) is 7.11 Å². The lowest BCUT2D eigenvalue weighted by atomic mass is 9.92. The normalized spacial score (nSPS) is 11.6. The van der Waals surface area contributed by atoms with Gasteiger partial charge in [-0.25, -0.2) is 0 Å². The van der Waals surface area contributed by atoms with Crippen LogP contribution in [-0.2, 0) is 9.53 Å². The average Bonchev–Trinajstić information content (AvgIpc) is 2.39. The second-order valence-electron chi connectivity index (χ2n) is 4.33. The predicted molar refractivity (Wildman–Crippen MR) is 79.1 cm³/mol. The summed E-state index contributed by atoms with van der Waals surface area (Å²) in [6, 6.07) is 0. The van der Waals surface area contributed by atoms with Crippen molar-refractivity contribution in [2.75, 3.05) is 7.11 Å². The fourth-order valence-electron chi connectivity index (χ4n) is 1.36. The van der Waals surface area contributed by atoms with Gasteiger partial charge in [-0.1, -0.05) is 41.0 Å². The fourth-order valence-corrected chi connectivity index (χ4v) is 1.36. The highest BCUT2D eigenvalue weighted by molar-refractivity contribution is 5.69. The molecule has 0 radical (unpaired) electrons. The number of carbonyl (C=O) groups is 1. The van der Waals surface area contributed by atoms with Gasteiger partial charge in [-0.3, -0.25) is 4.79 Å². The van der Waals surface area contributed by atoms with Crippen LogP contribution in [0.2, 0.25) is 0 Å². The quantitative estimate of drug-likeness (QED) is 0.720. The van der Waals surface area contributed by atoms with Crippen molar-refractivity contribution < 1.29 is 14.6 Å². The molecular formula is C15H34O3. The number of carboxylic acids is 1. The first-order valence-electron chi connectivity index (χ1n) is 7.21. The highest BCUT2D eigenvalue weighted by Gasteiger charge is 2.22. The van der Waals surface area contributed by atoms with Crippen LogP contribution in [0.15, 0.2) is 0 Å². The van der Waals surface area contributed by atoms with Crippen LogP contribution in [0.5, 0.6) is 0 Å². The van der Waals surface area contributed by atoms with Gasteiger partial charge in [0.2, 0.25) is 0 Å². The van der Waals surface area contributed by atoms with Gasteiger partial charge in [0, 0.05) is 7.11 Å². The second-order valence-corrected chi connectivity index (χ2v) is 4.33. The minimum atomic E-state index is -0.682. The molecule has 0 rings (SSSR count). The molecule has 0 bridgehead atoms. The van der Waals surface area contributed by atoms with E-state index in [-0.39, 0.29) is 11.5 Å². The summed E-state index contributed by atoms with van der Waals surface area (Å²) in [5, 5.41) is 8.93. The molecule has 0 saturated carbocycles. The molecule has 1 N–H and O–H groups in total. The summed E-state index contributed by atoms with van der Waals surface area (Å²) < 4.78 is 5.25. The van der Waals surface area contributed by atoms with Gasteiger partial charge in [0.1, 0.15) is 0 Å². The third-order valence-corrected chi connectivity index (χ3v) is 2.63. The molecule has 1 unspecified atom stereocenters. The number of hydrogen-bond donors (Lipinski definition) is 1. The lowest BCUT2D eigenvalue weighted by molar-refractivity contribution is -0.142. The van der Waals surface area contributed by atoms with Gasteiger partial charge >= 0.3 is 5.97 Å². The van der Waals surface area contributed by atoms with Crippen LogP contribution >= 0.6 is 0 Å². The Labute approximate surface area is 114 Å². The summed E-state index contributed by atoms with van der Waals surface area (Å²) in [5.41, 5.74) is -0.207. The topological polar surface area (TPSA) is 46.5 Å². The molecule has 0 fully saturated rings. The number of carboxylic acid groups (broad SMARTS) is 1. The number of rotatable bonds is 7. The summed E-state index contributed by atoms with van der Waals surface area (Å²) in [4.78, 5) is 10.9. The summed E-state index contributed by atoms with van der Waals surface area (Å²) in [6.45, 7) is 14.0. The third kappa shape index (κ3) is 13.5. The highest BCUT2D eigenvalue weighted by atomic mass is 16.5. The van der Waals surface area contributed by atoms with E-state index in [2.05, 4.69) is 0 Å². The van der Waals surface area contributed by atoms with E-state index < -0.39 is 5.97 Å². The van der Waals surface area contributed by atoms with Crippen LogP contribution in [0.1, 0.15) is 74.1 Å². The Balaban J connectivity index is -0.000000506. The van der Waals surface area contributed by atoms with E-state index in [1.807, 2.05) is 48.5 Å². The molecular weight excluding hydrogens is 228 g/mol. The van der Waals surface area contributed by atoms with Crippen LogP contribution in [0.25, 0.3) is 0 Å². The number of hydrogen-bond acceptors (Lipinski definition) is 2. The molecule has 0 amide bonds. The maximum Gasteiger partial charge on any atom is 0.306 e. The van der Waals surface area contributed by atoms with Crippen LogP contribution in [0.4, 0.5) is 0 Å². The van der Waals surface area contributed by atoms with Crippen LogP contribution in [0.3, 0.4) is 0 Å². The van der Waals surface area contributed by atoms with E-state index >= 15 is 0 Å². The Morgan fingerprint density at radius 1 is 1.17 bits per heavy atom. The molecule has 0 aromatic rings. The molecule has 0 aliphatic rings. The molecule has 3 heteroatoms. The van der Waals surface area contributed by atoms with E-state index in [1.165, 1.54) is 0 Å². The van der Waals surface area contributed by atoms with E-state index in [0.29, 0.717) is 6.42 Å². The minimum Gasteiger partial charge on any atom is -0.481 e.